The van der Waals surface area contributed by atoms with Crippen LogP contribution in [0.25, 0.3) is 0 Å². The third-order valence-electron chi connectivity index (χ3n) is 5.34. The minimum absolute atomic E-state index is 0.0828. The molecule has 0 atom stereocenters. The van der Waals surface area contributed by atoms with E-state index in [1.54, 1.807) is 7.05 Å². The molecule has 1 heterocycles. The Morgan fingerprint density at radius 1 is 1.37 bits per heavy atom. The second-order valence-corrected chi connectivity index (χ2v) is 8.19. The summed E-state index contributed by atoms with van der Waals surface area (Å²) in [7, 11) is 1.60. The zero-order valence-corrected chi connectivity index (χ0v) is 17.4. The summed E-state index contributed by atoms with van der Waals surface area (Å²) >= 11 is 5.70. The molecule has 1 aliphatic rings. The molecular weight excluding hydrogens is 413 g/mol. The Bertz CT molecular complexity index is 1030. The molecule has 0 saturated heterocycles. The monoisotopic (exact) mass is 435 g/mol. The second-order valence-electron chi connectivity index (χ2n) is 7.78. The molecule has 1 aliphatic carbocycles. The summed E-state index contributed by atoms with van der Waals surface area (Å²) in [5.74, 6) is -1.79. The van der Waals surface area contributed by atoms with Crippen molar-refractivity contribution in [2.45, 2.75) is 26.3 Å². The maximum Gasteiger partial charge on any atom is 0.274 e. The lowest BCUT2D eigenvalue weighted by Gasteiger charge is -2.35. The predicted molar refractivity (Wildman–Crippen MR) is 110 cm³/mol. The van der Waals surface area contributed by atoms with Crippen molar-refractivity contribution in [3.05, 3.63) is 62.3 Å². The molecule has 1 aromatic carbocycles. The van der Waals surface area contributed by atoms with Gasteiger partial charge in [0.1, 0.15) is 11.4 Å². The van der Waals surface area contributed by atoms with Gasteiger partial charge in [0, 0.05) is 31.9 Å². The molecule has 3 rings (SSSR count). The van der Waals surface area contributed by atoms with Crippen molar-refractivity contribution in [1.29, 1.82) is 0 Å². The van der Waals surface area contributed by atoms with Gasteiger partial charge < -0.3 is 20.3 Å². The maximum absolute atomic E-state index is 13.9. The van der Waals surface area contributed by atoms with Gasteiger partial charge in [-0.05, 0) is 30.7 Å². The van der Waals surface area contributed by atoms with Crippen molar-refractivity contribution < 1.29 is 19.1 Å². The van der Waals surface area contributed by atoms with Gasteiger partial charge in [-0.1, -0.05) is 30.7 Å². The van der Waals surface area contributed by atoms with Gasteiger partial charge in [0.15, 0.2) is 11.4 Å². The van der Waals surface area contributed by atoms with E-state index in [4.69, 9.17) is 11.6 Å². The van der Waals surface area contributed by atoms with Crippen molar-refractivity contribution >= 4 is 23.4 Å². The Morgan fingerprint density at radius 3 is 2.73 bits per heavy atom. The van der Waals surface area contributed by atoms with Gasteiger partial charge in [-0.25, -0.2) is 4.39 Å². The van der Waals surface area contributed by atoms with Gasteiger partial charge >= 0.3 is 0 Å². The van der Waals surface area contributed by atoms with Crippen LogP contribution in [0.1, 0.15) is 46.2 Å². The standard InChI is InChI=1S/C21H23ClFN3O4/c1-11-6-12(7-11)10-26(2)21(30)17-19(28)18(27)14(9-24-17)20(29)25-8-13-4-3-5-15(22)16(13)23/h3-5,9,11-12,28H,6-8,10H2,1-2H3,(H,24,27)(H,25,29). The summed E-state index contributed by atoms with van der Waals surface area (Å²) < 4.78 is 13.9. The Balaban J connectivity index is 1.70. The normalized spacial score (nSPS) is 17.9. The first-order chi connectivity index (χ1) is 14.2. The van der Waals surface area contributed by atoms with Crippen molar-refractivity contribution in [1.82, 2.24) is 15.2 Å². The molecule has 30 heavy (non-hydrogen) atoms. The minimum Gasteiger partial charge on any atom is -0.503 e. The van der Waals surface area contributed by atoms with Gasteiger partial charge in [-0.2, -0.15) is 0 Å². The van der Waals surface area contributed by atoms with Gasteiger partial charge in [0.2, 0.25) is 5.43 Å². The zero-order chi connectivity index (χ0) is 22.0. The van der Waals surface area contributed by atoms with Gasteiger partial charge in [0.25, 0.3) is 11.8 Å². The number of H-pyrrole nitrogens is 1. The van der Waals surface area contributed by atoms with Crippen LogP contribution in [0, 0.1) is 17.7 Å². The number of rotatable bonds is 6. The zero-order valence-electron chi connectivity index (χ0n) is 16.7. The molecule has 1 fully saturated rings. The van der Waals surface area contributed by atoms with E-state index in [9.17, 15) is 23.9 Å². The van der Waals surface area contributed by atoms with E-state index in [0.29, 0.717) is 18.4 Å². The average molecular weight is 436 g/mol. The maximum atomic E-state index is 13.9. The van der Waals surface area contributed by atoms with Crippen LogP contribution in [-0.2, 0) is 6.54 Å². The fourth-order valence-electron chi connectivity index (χ4n) is 3.69. The second kappa shape index (κ2) is 8.87. The van der Waals surface area contributed by atoms with Crippen molar-refractivity contribution in [2.75, 3.05) is 13.6 Å². The Hall–Kier alpha value is -2.87. The number of amides is 2. The molecule has 0 spiro atoms. The molecule has 2 amide bonds. The number of hydrogen-bond donors (Lipinski definition) is 3. The average Bonchev–Trinajstić information content (AvgIpc) is 2.69. The van der Waals surface area contributed by atoms with Crippen LogP contribution in [-0.4, -0.2) is 40.4 Å². The number of aromatic hydroxyl groups is 1. The highest BCUT2D eigenvalue weighted by Gasteiger charge is 2.29. The van der Waals surface area contributed by atoms with Crippen LogP contribution in [0.5, 0.6) is 5.75 Å². The first-order valence-corrected chi connectivity index (χ1v) is 9.98. The van der Waals surface area contributed by atoms with Crippen LogP contribution in [0.3, 0.4) is 0 Å². The number of carbonyl (C=O) groups excluding carboxylic acids is 2. The van der Waals surface area contributed by atoms with E-state index in [-0.39, 0.29) is 28.4 Å². The fraction of sp³-hybridized carbons (Fsp3) is 0.381. The lowest BCUT2D eigenvalue weighted by Crippen LogP contribution is -2.38. The van der Waals surface area contributed by atoms with Gasteiger partial charge in [-0.3, -0.25) is 14.4 Å². The van der Waals surface area contributed by atoms with E-state index in [1.165, 1.54) is 23.1 Å². The number of carbonyl (C=O) groups is 2. The SMILES string of the molecule is CC1CC(CN(C)C(=O)c2[nH]cc(C(=O)NCc3cccc(Cl)c3F)c(=O)c2O)C1. The number of aromatic amines is 1. The molecule has 0 aliphatic heterocycles. The molecule has 160 valence electrons. The first-order valence-electron chi connectivity index (χ1n) is 9.60. The van der Waals surface area contributed by atoms with E-state index in [1.807, 2.05) is 0 Å². The van der Waals surface area contributed by atoms with Crippen LogP contribution in [0.4, 0.5) is 4.39 Å². The highest BCUT2D eigenvalue weighted by Crippen LogP contribution is 2.33. The largest absolute Gasteiger partial charge is 0.503 e. The van der Waals surface area contributed by atoms with Crippen LogP contribution < -0.4 is 10.7 Å². The fourth-order valence-corrected chi connectivity index (χ4v) is 3.88. The summed E-state index contributed by atoms with van der Waals surface area (Å²) in [5.41, 5.74) is -1.49. The molecule has 7 nitrogen and oxygen atoms in total. The Labute approximate surface area is 177 Å². The Kier molecular flexibility index (Phi) is 6.45. The lowest BCUT2D eigenvalue weighted by atomic mass is 9.76. The van der Waals surface area contributed by atoms with Crippen LogP contribution in [0.15, 0.2) is 29.2 Å². The molecule has 1 aromatic heterocycles. The van der Waals surface area contributed by atoms with Crippen molar-refractivity contribution in [3.63, 3.8) is 0 Å². The molecular formula is C21H23ClFN3O4. The summed E-state index contributed by atoms with van der Waals surface area (Å²) in [5, 5.41) is 12.5. The summed E-state index contributed by atoms with van der Waals surface area (Å²) in [4.78, 5) is 41.3. The summed E-state index contributed by atoms with van der Waals surface area (Å²) in [6, 6.07) is 4.36. The van der Waals surface area contributed by atoms with Gasteiger partial charge in [-0.15, -0.1) is 0 Å². The molecule has 2 aromatic rings. The molecule has 0 bridgehead atoms. The number of halogens is 2. The Morgan fingerprint density at radius 2 is 2.07 bits per heavy atom. The first kappa shape index (κ1) is 21.8. The van der Waals surface area contributed by atoms with E-state index in [2.05, 4.69) is 17.2 Å². The van der Waals surface area contributed by atoms with Gasteiger partial charge in [0.05, 0.1) is 5.02 Å². The minimum atomic E-state index is -0.980. The third kappa shape index (κ3) is 4.48. The predicted octanol–water partition coefficient (Wildman–Crippen LogP) is 2.92. The molecule has 1 saturated carbocycles. The van der Waals surface area contributed by atoms with E-state index in [0.717, 1.165) is 19.0 Å². The smallest absolute Gasteiger partial charge is 0.274 e. The van der Waals surface area contributed by atoms with Crippen molar-refractivity contribution in [3.8, 4) is 5.75 Å². The quantitative estimate of drug-likeness (QED) is 0.649. The topological polar surface area (TPSA) is 103 Å². The number of nitrogens with one attached hydrogen (secondary N) is 2. The number of aromatic nitrogens is 1. The van der Waals surface area contributed by atoms with Crippen molar-refractivity contribution in [2.24, 2.45) is 11.8 Å². The number of nitrogens with zero attached hydrogens (tertiary/aromatic N) is 1. The third-order valence-corrected chi connectivity index (χ3v) is 5.63. The highest BCUT2D eigenvalue weighted by atomic mass is 35.5. The molecule has 3 N–H and O–H groups in total. The van der Waals surface area contributed by atoms with E-state index >= 15 is 0 Å². The number of pyridine rings is 1. The summed E-state index contributed by atoms with van der Waals surface area (Å²) in [6.07, 6.45) is 3.14. The van der Waals surface area contributed by atoms with Crippen LogP contribution in [0.2, 0.25) is 5.02 Å². The lowest BCUT2D eigenvalue weighted by molar-refractivity contribution is 0.0701. The highest BCUT2D eigenvalue weighted by molar-refractivity contribution is 6.30. The van der Waals surface area contributed by atoms with E-state index < -0.39 is 28.8 Å². The number of hydrogen-bond acceptors (Lipinski definition) is 4. The molecule has 0 radical (unpaired) electrons. The molecule has 9 heteroatoms. The number of benzene rings is 1. The van der Waals surface area contributed by atoms with Crippen LogP contribution >= 0.6 is 11.6 Å². The summed E-state index contributed by atoms with van der Waals surface area (Å²) in [6.45, 7) is 2.47. The molecule has 0 unspecified atom stereocenters.